The molecule has 162 valence electrons. The molecule has 0 aliphatic rings. The van der Waals surface area contributed by atoms with Crippen LogP contribution in [-0.2, 0) is 19.6 Å². The normalized spacial score (nSPS) is 14.9. The van der Waals surface area contributed by atoms with Gasteiger partial charge < -0.3 is 9.84 Å². The van der Waals surface area contributed by atoms with Crippen molar-refractivity contribution in [3.05, 3.63) is 0 Å². The van der Waals surface area contributed by atoms with E-state index < -0.39 is 16.0 Å². The van der Waals surface area contributed by atoms with Gasteiger partial charge in [-0.05, 0) is 62.2 Å². The van der Waals surface area contributed by atoms with Gasteiger partial charge in [-0.3, -0.25) is 4.79 Å². The number of unbranched alkanes of at least 4 members (excludes halogenated alkanes) is 1. The number of hydrogen-bond acceptors (Lipinski definition) is 4. The number of carboxylic acids is 1. The Balaban J connectivity index is 3.65. The van der Waals surface area contributed by atoms with E-state index in [1.165, 1.54) is 0 Å². The number of rotatable bonds is 17. The van der Waals surface area contributed by atoms with Crippen molar-refractivity contribution in [2.45, 2.75) is 85.5 Å². The number of primary sulfonamides is 1. The second-order valence-electron chi connectivity index (χ2n) is 8.87. The summed E-state index contributed by atoms with van der Waals surface area (Å²) in [6, 6.07) is 0. The molecule has 0 spiro atoms. The summed E-state index contributed by atoms with van der Waals surface area (Å²) >= 11 is 0. The molecule has 0 aliphatic carbocycles. The third-order valence-electron chi connectivity index (χ3n) is 5.09. The maximum absolute atomic E-state index is 10.9. The Kier molecular flexibility index (Phi) is 13.2. The second kappa shape index (κ2) is 13.5. The minimum absolute atomic E-state index is 0.0714. The van der Waals surface area contributed by atoms with Crippen LogP contribution in [0.5, 0.6) is 0 Å². The molecule has 0 bridgehead atoms. The molecule has 0 rings (SSSR count). The van der Waals surface area contributed by atoms with Gasteiger partial charge in [0.15, 0.2) is 0 Å². The molecule has 0 aromatic rings. The van der Waals surface area contributed by atoms with Crippen LogP contribution in [0.3, 0.4) is 0 Å². The first kappa shape index (κ1) is 26.3. The average molecular weight is 408 g/mol. The van der Waals surface area contributed by atoms with Gasteiger partial charge in [0.2, 0.25) is 10.0 Å². The van der Waals surface area contributed by atoms with Gasteiger partial charge in [0, 0.05) is 19.6 Å². The summed E-state index contributed by atoms with van der Waals surface area (Å²) in [5, 5.41) is 13.8. The van der Waals surface area contributed by atoms with Crippen molar-refractivity contribution < 1.29 is 23.1 Å². The average Bonchev–Trinajstić information content (AvgIpc) is 2.50. The smallest absolute Gasteiger partial charge is 0.303 e. The van der Waals surface area contributed by atoms with E-state index in [2.05, 4.69) is 27.7 Å². The predicted octanol–water partition coefficient (Wildman–Crippen LogP) is 4.19. The molecule has 0 saturated heterocycles. The maximum atomic E-state index is 10.9. The summed E-state index contributed by atoms with van der Waals surface area (Å²) in [4.78, 5) is 10.7. The molecule has 6 nitrogen and oxygen atoms in total. The summed E-state index contributed by atoms with van der Waals surface area (Å²) in [7, 11) is -3.34. The van der Waals surface area contributed by atoms with Crippen LogP contribution in [0.2, 0.25) is 0 Å². The topological polar surface area (TPSA) is 107 Å². The highest BCUT2D eigenvalue weighted by Crippen LogP contribution is 2.28. The van der Waals surface area contributed by atoms with Crippen LogP contribution in [0.1, 0.15) is 85.5 Å². The first-order chi connectivity index (χ1) is 12.4. The van der Waals surface area contributed by atoms with Gasteiger partial charge in [-0.25, -0.2) is 13.6 Å². The van der Waals surface area contributed by atoms with Crippen molar-refractivity contribution in [3.8, 4) is 0 Å². The highest BCUT2D eigenvalue weighted by Gasteiger charge is 2.18. The third kappa shape index (κ3) is 18.5. The maximum Gasteiger partial charge on any atom is 0.303 e. The number of carbonyl (C=O) groups is 1. The molecule has 0 radical (unpaired) electrons. The number of nitrogens with two attached hydrogens (primary N) is 1. The highest BCUT2D eigenvalue weighted by atomic mass is 32.2. The van der Waals surface area contributed by atoms with Crippen molar-refractivity contribution in [1.82, 2.24) is 0 Å². The zero-order valence-electron chi connectivity index (χ0n) is 17.7. The van der Waals surface area contributed by atoms with E-state index in [4.69, 9.17) is 15.0 Å². The van der Waals surface area contributed by atoms with Crippen molar-refractivity contribution >= 4 is 16.0 Å². The Bertz CT molecular complexity index is 505. The number of aliphatic carboxylic acids is 1. The van der Waals surface area contributed by atoms with Crippen molar-refractivity contribution in [2.24, 2.45) is 22.4 Å². The van der Waals surface area contributed by atoms with Crippen LogP contribution < -0.4 is 5.14 Å². The minimum Gasteiger partial charge on any atom is -0.481 e. The molecule has 2 atom stereocenters. The lowest BCUT2D eigenvalue weighted by Crippen LogP contribution is -2.17. The molecule has 0 aromatic carbocycles. The standard InChI is InChI=1S/C20H41NO5S/c1-17(8-7-15-27(21,24)25)16-18(2)10-14-26-13-6-5-11-20(3,4)12-9-19(22)23/h17-18H,5-16H2,1-4H3,(H,22,23)(H2,21,24,25). The van der Waals surface area contributed by atoms with Crippen molar-refractivity contribution in [1.29, 1.82) is 0 Å². The van der Waals surface area contributed by atoms with Crippen LogP contribution in [-0.4, -0.2) is 38.5 Å². The van der Waals surface area contributed by atoms with Crippen LogP contribution >= 0.6 is 0 Å². The summed E-state index contributed by atoms with van der Waals surface area (Å²) in [6.07, 6.45) is 7.66. The van der Waals surface area contributed by atoms with Crippen LogP contribution in [0, 0.1) is 17.3 Å². The summed E-state index contributed by atoms with van der Waals surface area (Å²) in [6.45, 7) is 10.1. The molecular weight excluding hydrogens is 366 g/mol. The van der Waals surface area contributed by atoms with Gasteiger partial charge >= 0.3 is 5.97 Å². The van der Waals surface area contributed by atoms with E-state index in [1.807, 2.05) is 0 Å². The predicted molar refractivity (Wildman–Crippen MR) is 110 cm³/mol. The zero-order chi connectivity index (χ0) is 20.9. The fourth-order valence-corrected chi connectivity index (χ4v) is 3.89. The fourth-order valence-electron chi connectivity index (χ4n) is 3.32. The second-order valence-corrected chi connectivity index (χ2v) is 10.6. The lowest BCUT2D eigenvalue weighted by Gasteiger charge is -2.23. The van der Waals surface area contributed by atoms with Gasteiger partial charge in [-0.2, -0.15) is 0 Å². The quantitative estimate of drug-likeness (QED) is 0.352. The molecule has 0 fully saturated rings. The summed E-state index contributed by atoms with van der Waals surface area (Å²) < 4.78 is 27.6. The Hall–Kier alpha value is -0.660. The first-order valence-corrected chi connectivity index (χ1v) is 11.9. The molecule has 0 aliphatic heterocycles. The molecule has 7 heteroatoms. The van der Waals surface area contributed by atoms with E-state index in [-0.39, 0.29) is 17.6 Å². The molecule has 27 heavy (non-hydrogen) atoms. The van der Waals surface area contributed by atoms with Crippen LogP contribution in [0.15, 0.2) is 0 Å². The molecular formula is C20H41NO5S. The van der Waals surface area contributed by atoms with Gasteiger partial charge in [0.25, 0.3) is 0 Å². The van der Waals surface area contributed by atoms with E-state index in [9.17, 15) is 13.2 Å². The van der Waals surface area contributed by atoms with Gasteiger partial charge in [-0.15, -0.1) is 0 Å². The van der Waals surface area contributed by atoms with Crippen molar-refractivity contribution in [3.63, 3.8) is 0 Å². The highest BCUT2D eigenvalue weighted by molar-refractivity contribution is 7.89. The molecule has 2 unspecified atom stereocenters. The van der Waals surface area contributed by atoms with E-state index in [0.29, 0.717) is 18.3 Å². The lowest BCUT2D eigenvalue weighted by molar-refractivity contribution is -0.137. The van der Waals surface area contributed by atoms with Crippen LogP contribution in [0.25, 0.3) is 0 Å². The Labute approximate surface area is 166 Å². The summed E-state index contributed by atoms with van der Waals surface area (Å²) in [5.41, 5.74) is 0.0757. The van der Waals surface area contributed by atoms with E-state index in [1.54, 1.807) is 0 Å². The number of hydrogen-bond donors (Lipinski definition) is 2. The van der Waals surface area contributed by atoms with Gasteiger partial charge in [0.1, 0.15) is 0 Å². The largest absolute Gasteiger partial charge is 0.481 e. The zero-order valence-corrected chi connectivity index (χ0v) is 18.5. The van der Waals surface area contributed by atoms with Crippen LogP contribution in [0.4, 0.5) is 0 Å². The van der Waals surface area contributed by atoms with Gasteiger partial charge in [-0.1, -0.05) is 34.1 Å². The van der Waals surface area contributed by atoms with Crippen molar-refractivity contribution in [2.75, 3.05) is 19.0 Å². The molecule has 3 N–H and O–H groups in total. The monoisotopic (exact) mass is 407 g/mol. The third-order valence-corrected chi connectivity index (χ3v) is 5.95. The lowest BCUT2D eigenvalue weighted by atomic mass is 9.83. The molecule has 0 saturated carbocycles. The SMILES string of the molecule is CC(CCCS(N)(=O)=O)CC(C)CCOCCCCC(C)(C)CCC(=O)O. The first-order valence-electron chi connectivity index (χ1n) is 10.2. The van der Waals surface area contributed by atoms with Gasteiger partial charge in [0.05, 0.1) is 5.75 Å². The number of ether oxygens (including phenoxy) is 1. The molecule has 0 amide bonds. The fraction of sp³-hybridized carbons (Fsp3) is 0.950. The Morgan fingerprint density at radius 3 is 2.26 bits per heavy atom. The number of sulfonamides is 1. The minimum atomic E-state index is -3.34. The Morgan fingerprint density at radius 1 is 1.04 bits per heavy atom. The molecule has 0 heterocycles. The van der Waals surface area contributed by atoms with E-state index in [0.717, 1.165) is 58.2 Å². The Morgan fingerprint density at radius 2 is 1.67 bits per heavy atom. The van der Waals surface area contributed by atoms with E-state index >= 15 is 0 Å². The summed E-state index contributed by atoms with van der Waals surface area (Å²) in [5.74, 6) is 0.403. The number of carboxylic acid groups (broad SMARTS) is 1. The molecule has 0 aromatic heterocycles.